The largest absolute Gasteiger partial charge is 0.467 e. The number of hydrogen-bond donors (Lipinski definition) is 1. The van der Waals surface area contributed by atoms with Crippen LogP contribution < -0.4 is 16.0 Å². The highest BCUT2D eigenvalue weighted by atomic mass is 16.5. The maximum absolute atomic E-state index is 12.4. The number of fused-ring (bicyclic) bond motifs is 1. The number of ether oxygens (including phenoxy) is 1. The van der Waals surface area contributed by atoms with Crippen molar-refractivity contribution in [2.45, 2.75) is 26.9 Å². The van der Waals surface area contributed by atoms with Gasteiger partial charge in [0.25, 0.3) is 5.56 Å². The van der Waals surface area contributed by atoms with Crippen LogP contribution in [0.4, 0.5) is 0 Å². The molecule has 0 aliphatic rings. The van der Waals surface area contributed by atoms with Crippen LogP contribution in [0.3, 0.4) is 0 Å². The van der Waals surface area contributed by atoms with E-state index < -0.39 is 0 Å². The summed E-state index contributed by atoms with van der Waals surface area (Å²) in [6.45, 7) is 4.33. The third-order valence-corrected chi connectivity index (χ3v) is 3.78. The van der Waals surface area contributed by atoms with Gasteiger partial charge in [0.1, 0.15) is 11.3 Å². The van der Waals surface area contributed by atoms with Crippen molar-refractivity contribution >= 4 is 23.3 Å². The second-order valence-electron chi connectivity index (χ2n) is 5.23. The Morgan fingerprint density at radius 1 is 1.12 bits per heavy atom. The molecule has 0 aliphatic carbocycles. The minimum Gasteiger partial charge on any atom is -0.467 e. The quantitative estimate of drug-likeness (QED) is 0.738. The van der Waals surface area contributed by atoms with E-state index in [9.17, 15) is 9.59 Å². The summed E-state index contributed by atoms with van der Waals surface area (Å²) in [7, 11) is 1.50. The van der Waals surface area contributed by atoms with Crippen LogP contribution in [0.5, 0.6) is 6.01 Å². The van der Waals surface area contributed by atoms with E-state index >= 15 is 0 Å². The fourth-order valence-electron chi connectivity index (χ4n) is 2.52. The number of nitrogens with zero attached hydrogens (tertiary/aromatic N) is 5. The molecule has 0 atom stereocenters. The zero-order valence-electron chi connectivity index (χ0n) is 14.2. The second-order valence-corrected chi connectivity index (χ2v) is 5.23. The molecule has 3 heterocycles. The first-order valence-electron chi connectivity index (χ1n) is 7.86. The summed E-state index contributed by atoms with van der Waals surface area (Å²) in [5.74, 6) is 0.471. The monoisotopic (exact) mass is 342 g/mol. The Labute approximate surface area is 142 Å². The van der Waals surface area contributed by atoms with Crippen molar-refractivity contribution in [2.75, 3.05) is 7.11 Å². The molecule has 3 rings (SSSR count). The average Bonchev–Trinajstić information content (AvgIpc) is 3.05. The van der Waals surface area contributed by atoms with E-state index in [0.29, 0.717) is 30.1 Å². The summed E-state index contributed by atoms with van der Waals surface area (Å²) >= 11 is 0. The van der Waals surface area contributed by atoms with Crippen molar-refractivity contribution < 1.29 is 4.74 Å². The first kappa shape index (κ1) is 16.6. The van der Waals surface area contributed by atoms with Gasteiger partial charge in [0.05, 0.1) is 7.11 Å². The predicted octanol–water partition coefficient (Wildman–Crippen LogP) is 0.895. The van der Waals surface area contributed by atoms with Gasteiger partial charge in [-0.25, -0.2) is 19.7 Å². The Morgan fingerprint density at radius 2 is 1.80 bits per heavy atom. The van der Waals surface area contributed by atoms with Crippen molar-refractivity contribution in [3.63, 3.8) is 0 Å². The van der Waals surface area contributed by atoms with Gasteiger partial charge in [0, 0.05) is 31.0 Å². The number of aromatic amines is 1. The van der Waals surface area contributed by atoms with Gasteiger partial charge >= 0.3 is 11.7 Å². The highest BCUT2D eigenvalue weighted by molar-refractivity contribution is 5.75. The van der Waals surface area contributed by atoms with Crippen LogP contribution in [-0.4, -0.2) is 36.2 Å². The van der Waals surface area contributed by atoms with Crippen molar-refractivity contribution in [1.82, 2.24) is 29.1 Å². The molecule has 3 aromatic rings. The van der Waals surface area contributed by atoms with E-state index in [1.165, 1.54) is 16.2 Å². The van der Waals surface area contributed by atoms with E-state index in [-0.39, 0.29) is 17.3 Å². The lowest BCUT2D eigenvalue weighted by Gasteiger charge is -2.06. The smallest absolute Gasteiger partial charge is 0.332 e. The zero-order valence-corrected chi connectivity index (χ0v) is 14.2. The summed E-state index contributed by atoms with van der Waals surface area (Å²) in [6, 6.07) is 0.285. The SMILES string of the molecule is CCn1c(=O)c2[nH]c(C=Cc3cnc(OC)nc3)nc2n(CC)c1=O. The molecule has 25 heavy (non-hydrogen) atoms. The molecule has 0 saturated carbocycles. The summed E-state index contributed by atoms with van der Waals surface area (Å²) < 4.78 is 7.58. The van der Waals surface area contributed by atoms with E-state index in [2.05, 4.69) is 19.9 Å². The number of methoxy groups -OCH3 is 1. The molecule has 1 N–H and O–H groups in total. The van der Waals surface area contributed by atoms with Gasteiger partial charge in [0.2, 0.25) is 0 Å². The number of hydrogen-bond acceptors (Lipinski definition) is 6. The van der Waals surface area contributed by atoms with Gasteiger partial charge in [-0.15, -0.1) is 0 Å². The zero-order chi connectivity index (χ0) is 18.0. The Kier molecular flexibility index (Phi) is 4.46. The first-order chi connectivity index (χ1) is 12.1. The molecule has 3 aromatic heterocycles. The summed E-state index contributed by atoms with van der Waals surface area (Å²) in [4.78, 5) is 40.1. The average molecular weight is 342 g/mol. The van der Waals surface area contributed by atoms with Gasteiger partial charge in [-0.2, -0.15) is 0 Å². The standard InChI is InChI=1S/C16H18N6O3/c1-4-21-13-12(14(23)22(5-2)16(21)24)19-11(20-13)7-6-10-8-17-15(25-3)18-9-10/h6-9H,4-5H2,1-3H3,(H,19,20). The van der Waals surface area contributed by atoms with E-state index in [0.717, 1.165) is 5.56 Å². The molecule has 0 amide bonds. The molecular weight excluding hydrogens is 324 g/mol. The predicted molar refractivity (Wildman–Crippen MR) is 93.5 cm³/mol. The molecular formula is C16H18N6O3. The lowest BCUT2D eigenvalue weighted by atomic mass is 10.3. The fraction of sp³-hybridized carbons (Fsp3) is 0.312. The highest BCUT2D eigenvalue weighted by Crippen LogP contribution is 2.10. The lowest BCUT2D eigenvalue weighted by Crippen LogP contribution is -2.39. The molecule has 0 saturated heterocycles. The minimum atomic E-state index is -0.368. The van der Waals surface area contributed by atoms with Crippen LogP contribution >= 0.6 is 0 Å². The summed E-state index contributed by atoms with van der Waals surface area (Å²) in [6.07, 6.45) is 6.67. The van der Waals surface area contributed by atoms with Crippen molar-refractivity contribution in [3.8, 4) is 6.01 Å². The Hall–Kier alpha value is -3.23. The van der Waals surface area contributed by atoms with Gasteiger partial charge in [-0.05, 0) is 26.0 Å². The normalized spacial score (nSPS) is 11.5. The summed E-state index contributed by atoms with van der Waals surface area (Å²) in [5.41, 5.74) is 0.696. The Morgan fingerprint density at radius 3 is 2.40 bits per heavy atom. The van der Waals surface area contributed by atoms with Gasteiger partial charge < -0.3 is 9.72 Å². The highest BCUT2D eigenvalue weighted by Gasteiger charge is 2.14. The van der Waals surface area contributed by atoms with Crippen molar-refractivity contribution in [3.05, 3.63) is 44.6 Å². The molecule has 9 heteroatoms. The van der Waals surface area contributed by atoms with Crippen LogP contribution in [0.25, 0.3) is 23.3 Å². The molecule has 0 bridgehead atoms. The molecule has 0 spiro atoms. The molecule has 130 valence electrons. The number of aromatic nitrogens is 6. The minimum absolute atomic E-state index is 0.285. The number of imidazole rings is 1. The molecule has 0 aliphatic heterocycles. The number of nitrogens with one attached hydrogen (secondary N) is 1. The maximum Gasteiger partial charge on any atom is 0.332 e. The van der Waals surface area contributed by atoms with Gasteiger partial charge in [-0.3, -0.25) is 13.9 Å². The van der Waals surface area contributed by atoms with E-state index in [1.807, 2.05) is 6.92 Å². The van der Waals surface area contributed by atoms with Crippen molar-refractivity contribution in [1.29, 1.82) is 0 Å². The Balaban J connectivity index is 2.06. The molecule has 0 fully saturated rings. The van der Waals surface area contributed by atoms with Gasteiger partial charge in [0.15, 0.2) is 5.65 Å². The van der Waals surface area contributed by atoms with Crippen LogP contribution in [0.1, 0.15) is 25.2 Å². The summed E-state index contributed by atoms with van der Waals surface area (Å²) in [5, 5.41) is 0. The third-order valence-electron chi connectivity index (χ3n) is 3.78. The van der Waals surface area contributed by atoms with Crippen molar-refractivity contribution in [2.24, 2.45) is 0 Å². The van der Waals surface area contributed by atoms with Gasteiger partial charge in [-0.1, -0.05) is 0 Å². The fourth-order valence-corrected chi connectivity index (χ4v) is 2.52. The van der Waals surface area contributed by atoms with Crippen LogP contribution in [0.2, 0.25) is 0 Å². The molecule has 0 unspecified atom stereocenters. The maximum atomic E-state index is 12.4. The topological polar surface area (TPSA) is 108 Å². The number of aryl methyl sites for hydroxylation is 1. The number of H-pyrrole nitrogens is 1. The molecule has 9 nitrogen and oxygen atoms in total. The second kappa shape index (κ2) is 6.71. The first-order valence-corrected chi connectivity index (χ1v) is 7.86. The van der Waals surface area contributed by atoms with Crippen LogP contribution in [0.15, 0.2) is 22.0 Å². The van der Waals surface area contributed by atoms with E-state index in [4.69, 9.17) is 4.74 Å². The number of rotatable bonds is 5. The Bertz CT molecular complexity index is 1040. The van der Waals surface area contributed by atoms with Crippen LogP contribution in [-0.2, 0) is 13.1 Å². The van der Waals surface area contributed by atoms with Crippen LogP contribution in [0, 0.1) is 0 Å². The molecule has 0 radical (unpaired) electrons. The molecule has 0 aromatic carbocycles. The third kappa shape index (κ3) is 2.95. The van der Waals surface area contributed by atoms with E-state index in [1.54, 1.807) is 31.5 Å². The lowest BCUT2D eigenvalue weighted by molar-refractivity contribution is 0.379.